The second-order valence-electron chi connectivity index (χ2n) is 7.87. The Balaban J connectivity index is 1.28. The average Bonchev–Trinajstić information content (AvgIpc) is 3.28. The summed E-state index contributed by atoms with van der Waals surface area (Å²) in [5.74, 6) is 2.00. The summed E-state index contributed by atoms with van der Waals surface area (Å²) in [6, 6.07) is 21.9. The number of amides is 1. The van der Waals surface area contributed by atoms with E-state index in [0.29, 0.717) is 18.8 Å². The van der Waals surface area contributed by atoms with E-state index in [1.54, 1.807) is 25.1 Å². The van der Waals surface area contributed by atoms with Crippen molar-refractivity contribution in [1.29, 1.82) is 0 Å². The SMILES string of the molecule is COc1ccc(N2CCN(Cc3ccc(C(=O)N(C)Cc4ccccc4)o3)CC2)cc1. The summed E-state index contributed by atoms with van der Waals surface area (Å²) in [7, 11) is 3.48. The number of methoxy groups -OCH3 is 1. The maximum Gasteiger partial charge on any atom is 0.289 e. The Morgan fingerprint density at radius 1 is 0.968 bits per heavy atom. The summed E-state index contributed by atoms with van der Waals surface area (Å²) in [6.07, 6.45) is 0. The molecule has 1 aromatic heterocycles. The fraction of sp³-hybridized carbons (Fsp3) is 0.320. The molecular formula is C25H29N3O3. The standard InChI is InChI=1S/C25H29N3O3/c1-26(18-20-6-4-3-5-7-20)25(29)24-13-12-23(31-24)19-27-14-16-28(17-15-27)21-8-10-22(30-2)11-9-21/h3-13H,14-19H2,1-2H3. The van der Waals surface area contributed by atoms with Gasteiger partial charge in [0, 0.05) is 45.5 Å². The molecule has 4 rings (SSSR count). The molecule has 0 saturated carbocycles. The molecule has 2 aromatic carbocycles. The minimum atomic E-state index is -0.0978. The van der Waals surface area contributed by atoms with Crippen LogP contribution in [0.3, 0.4) is 0 Å². The van der Waals surface area contributed by atoms with E-state index in [0.717, 1.165) is 43.3 Å². The van der Waals surface area contributed by atoms with Crippen LogP contribution in [0.5, 0.6) is 5.75 Å². The summed E-state index contributed by atoms with van der Waals surface area (Å²) in [4.78, 5) is 19.1. The predicted molar refractivity (Wildman–Crippen MR) is 121 cm³/mol. The van der Waals surface area contributed by atoms with Crippen molar-refractivity contribution in [1.82, 2.24) is 9.80 Å². The number of nitrogens with zero attached hydrogens (tertiary/aromatic N) is 3. The third-order valence-electron chi connectivity index (χ3n) is 5.67. The number of anilines is 1. The highest BCUT2D eigenvalue weighted by atomic mass is 16.5. The van der Waals surface area contributed by atoms with Crippen LogP contribution >= 0.6 is 0 Å². The number of carbonyl (C=O) groups is 1. The summed E-state index contributed by atoms with van der Waals surface area (Å²) in [5, 5.41) is 0. The minimum absolute atomic E-state index is 0.0978. The van der Waals surface area contributed by atoms with Gasteiger partial charge in [-0.15, -0.1) is 0 Å². The van der Waals surface area contributed by atoms with E-state index in [9.17, 15) is 4.79 Å². The van der Waals surface area contributed by atoms with Crippen molar-refractivity contribution >= 4 is 11.6 Å². The van der Waals surface area contributed by atoms with Gasteiger partial charge in [0.25, 0.3) is 5.91 Å². The van der Waals surface area contributed by atoms with Gasteiger partial charge in [-0.1, -0.05) is 30.3 Å². The zero-order valence-corrected chi connectivity index (χ0v) is 18.2. The molecule has 6 nitrogen and oxygen atoms in total. The molecule has 2 heterocycles. The lowest BCUT2D eigenvalue weighted by molar-refractivity contribution is 0.0749. The van der Waals surface area contributed by atoms with Crippen LogP contribution in [-0.2, 0) is 13.1 Å². The molecule has 1 aliphatic heterocycles. The average molecular weight is 420 g/mol. The van der Waals surface area contributed by atoms with Gasteiger partial charge < -0.3 is 19.0 Å². The second-order valence-corrected chi connectivity index (χ2v) is 7.87. The quantitative estimate of drug-likeness (QED) is 0.582. The molecule has 1 fully saturated rings. The van der Waals surface area contributed by atoms with Crippen LogP contribution in [0.25, 0.3) is 0 Å². The van der Waals surface area contributed by atoms with E-state index in [4.69, 9.17) is 9.15 Å². The van der Waals surface area contributed by atoms with Crippen LogP contribution < -0.4 is 9.64 Å². The molecule has 3 aromatic rings. The third kappa shape index (κ3) is 5.27. The van der Waals surface area contributed by atoms with Crippen LogP contribution in [-0.4, -0.2) is 56.0 Å². The number of furan rings is 1. The predicted octanol–water partition coefficient (Wildman–Crippen LogP) is 3.88. The topological polar surface area (TPSA) is 49.2 Å². The molecule has 1 aliphatic rings. The molecule has 0 unspecified atom stereocenters. The molecule has 0 aliphatic carbocycles. The highest BCUT2D eigenvalue weighted by Crippen LogP contribution is 2.21. The van der Waals surface area contributed by atoms with Gasteiger partial charge in [0.2, 0.25) is 0 Å². The molecule has 162 valence electrons. The van der Waals surface area contributed by atoms with Gasteiger partial charge in [0.1, 0.15) is 11.5 Å². The monoisotopic (exact) mass is 419 g/mol. The number of ether oxygens (including phenoxy) is 1. The van der Waals surface area contributed by atoms with Gasteiger partial charge >= 0.3 is 0 Å². The lowest BCUT2D eigenvalue weighted by Crippen LogP contribution is -2.45. The van der Waals surface area contributed by atoms with E-state index in [1.807, 2.05) is 48.5 Å². The second kappa shape index (κ2) is 9.71. The molecule has 0 radical (unpaired) electrons. The summed E-state index contributed by atoms with van der Waals surface area (Å²) in [6.45, 7) is 5.08. The van der Waals surface area contributed by atoms with Crippen LogP contribution in [0.4, 0.5) is 5.69 Å². The third-order valence-corrected chi connectivity index (χ3v) is 5.67. The van der Waals surface area contributed by atoms with Crippen molar-refractivity contribution in [3.8, 4) is 5.75 Å². The van der Waals surface area contributed by atoms with Gasteiger partial charge in [0.05, 0.1) is 13.7 Å². The van der Waals surface area contributed by atoms with Gasteiger partial charge in [0.15, 0.2) is 5.76 Å². The molecule has 0 spiro atoms. The van der Waals surface area contributed by atoms with Crippen LogP contribution in [0.2, 0.25) is 0 Å². The molecule has 1 amide bonds. The van der Waals surface area contributed by atoms with Gasteiger partial charge in [-0.05, 0) is 42.0 Å². The van der Waals surface area contributed by atoms with E-state index in [2.05, 4.69) is 21.9 Å². The van der Waals surface area contributed by atoms with Gasteiger partial charge in [-0.3, -0.25) is 9.69 Å². The fourth-order valence-electron chi connectivity index (χ4n) is 3.87. The first-order valence-electron chi connectivity index (χ1n) is 10.6. The number of piperazine rings is 1. The Bertz CT molecular complexity index is 977. The van der Waals surface area contributed by atoms with E-state index < -0.39 is 0 Å². The summed E-state index contributed by atoms with van der Waals surface area (Å²) < 4.78 is 11.1. The zero-order valence-electron chi connectivity index (χ0n) is 18.2. The summed E-state index contributed by atoms with van der Waals surface area (Å²) in [5.41, 5.74) is 2.31. The van der Waals surface area contributed by atoms with Crippen LogP contribution in [0, 0.1) is 0 Å². The van der Waals surface area contributed by atoms with E-state index in [1.165, 1.54) is 5.69 Å². The number of rotatable bonds is 7. The molecular weight excluding hydrogens is 390 g/mol. The van der Waals surface area contributed by atoms with Crippen molar-refractivity contribution in [2.45, 2.75) is 13.1 Å². The first-order chi connectivity index (χ1) is 15.1. The Morgan fingerprint density at radius 2 is 1.68 bits per heavy atom. The molecule has 0 atom stereocenters. The lowest BCUT2D eigenvalue weighted by Gasteiger charge is -2.35. The highest BCUT2D eigenvalue weighted by molar-refractivity contribution is 5.91. The van der Waals surface area contributed by atoms with E-state index in [-0.39, 0.29) is 5.91 Å². The van der Waals surface area contributed by atoms with E-state index >= 15 is 0 Å². The van der Waals surface area contributed by atoms with Gasteiger partial charge in [-0.2, -0.15) is 0 Å². The maximum absolute atomic E-state index is 12.7. The molecule has 0 bridgehead atoms. The van der Waals surface area contributed by atoms with Gasteiger partial charge in [-0.25, -0.2) is 0 Å². The highest BCUT2D eigenvalue weighted by Gasteiger charge is 2.20. The number of hydrogen-bond donors (Lipinski definition) is 0. The Morgan fingerprint density at radius 3 is 2.35 bits per heavy atom. The number of benzene rings is 2. The molecule has 1 saturated heterocycles. The number of hydrogen-bond acceptors (Lipinski definition) is 5. The Kier molecular flexibility index (Phi) is 6.57. The van der Waals surface area contributed by atoms with Crippen molar-refractivity contribution in [2.75, 3.05) is 45.2 Å². The summed E-state index contributed by atoms with van der Waals surface area (Å²) >= 11 is 0. The first kappa shape index (κ1) is 21.0. The smallest absolute Gasteiger partial charge is 0.289 e. The van der Waals surface area contributed by atoms with Crippen molar-refractivity contribution in [3.63, 3.8) is 0 Å². The molecule has 0 N–H and O–H groups in total. The molecule has 6 heteroatoms. The van der Waals surface area contributed by atoms with Crippen molar-refractivity contribution in [2.24, 2.45) is 0 Å². The van der Waals surface area contributed by atoms with Crippen molar-refractivity contribution < 1.29 is 13.9 Å². The first-order valence-corrected chi connectivity index (χ1v) is 10.6. The van der Waals surface area contributed by atoms with Crippen LogP contribution in [0.15, 0.2) is 71.1 Å². The fourth-order valence-corrected chi connectivity index (χ4v) is 3.87. The minimum Gasteiger partial charge on any atom is -0.497 e. The molecule has 31 heavy (non-hydrogen) atoms. The van der Waals surface area contributed by atoms with Crippen molar-refractivity contribution in [3.05, 3.63) is 83.8 Å². The zero-order chi connectivity index (χ0) is 21.6. The Labute approximate surface area is 183 Å². The Hall–Kier alpha value is -3.25. The van der Waals surface area contributed by atoms with Crippen LogP contribution in [0.1, 0.15) is 21.9 Å². The number of carbonyl (C=O) groups excluding carboxylic acids is 1. The maximum atomic E-state index is 12.7. The largest absolute Gasteiger partial charge is 0.497 e. The normalized spacial score (nSPS) is 14.5. The lowest BCUT2D eigenvalue weighted by atomic mass is 10.2.